The zero-order valence-corrected chi connectivity index (χ0v) is 18.2. The molecule has 0 radical (unpaired) electrons. The number of methoxy groups -OCH3 is 1. The van der Waals surface area contributed by atoms with Gasteiger partial charge in [-0.2, -0.15) is 0 Å². The Balaban J connectivity index is 1.36. The number of nitrogens with zero attached hydrogens (tertiary/aromatic N) is 2. The van der Waals surface area contributed by atoms with Crippen molar-refractivity contribution in [3.8, 4) is 5.75 Å². The molecular weight excluding hydrogens is 402 g/mol. The van der Waals surface area contributed by atoms with Crippen LogP contribution in [0.5, 0.6) is 5.75 Å². The zero-order valence-electron chi connectivity index (χ0n) is 18.2. The summed E-state index contributed by atoms with van der Waals surface area (Å²) >= 11 is 0. The average Bonchev–Trinajstić information content (AvgIpc) is 2.86. The molecule has 2 aliphatic rings. The van der Waals surface area contributed by atoms with Crippen LogP contribution < -0.4 is 15.0 Å². The fraction of sp³-hybridized carbons (Fsp3) is 0.308. The number of para-hydroxylation sites is 1. The molecule has 1 unspecified atom stereocenters. The number of carbonyl (C=O) groups is 1. The van der Waals surface area contributed by atoms with Crippen LogP contribution in [0.1, 0.15) is 40.2 Å². The second kappa shape index (κ2) is 8.91. The summed E-state index contributed by atoms with van der Waals surface area (Å²) in [6, 6.07) is 16.9. The number of ether oxygens (including phenoxy) is 2. The van der Waals surface area contributed by atoms with E-state index in [1.54, 1.807) is 18.5 Å². The van der Waals surface area contributed by atoms with Crippen LogP contribution in [-0.4, -0.2) is 37.8 Å². The Morgan fingerprint density at radius 1 is 1.25 bits per heavy atom. The summed E-state index contributed by atoms with van der Waals surface area (Å²) in [5, 5.41) is 3.40. The zero-order chi connectivity index (χ0) is 21.9. The lowest BCUT2D eigenvalue weighted by Crippen LogP contribution is -2.25. The minimum absolute atomic E-state index is 0.284. The highest BCUT2D eigenvalue weighted by atomic mass is 16.5. The average molecular weight is 430 g/mol. The first-order valence-electron chi connectivity index (χ1n) is 11.1. The van der Waals surface area contributed by atoms with E-state index in [-0.39, 0.29) is 11.9 Å². The highest BCUT2D eigenvalue weighted by Crippen LogP contribution is 2.40. The molecule has 3 heterocycles. The normalized spacial score (nSPS) is 17.0. The second-order valence-electron chi connectivity index (χ2n) is 8.23. The number of esters is 1. The molecule has 0 amide bonds. The molecule has 0 fully saturated rings. The molecule has 32 heavy (non-hydrogen) atoms. The molecule has 0 aliphatic carbocycles. The van der Waals surface area contributed by atoms with Gasteiger partial charge in [-0.25, -0.2) is 4.79 Å². The van der Waals surface area contributed by atoms with Crippen molar-refractivity contribution >= 4 is 23.0 Å². The number of carbonyl (C=O) groups excluding carboxylic acids is 1. The second-order valence-corrected chi connectivity index (χ2v) is 8.23. The maximum Gasteiger partial charge on any atom is 0.340 e. The summed E-state index contributed by atoms with van der Waals surface area (Å²) in [6.07, 6.45) is 6.46. The highest BCUT2D eigenvalue weighted by molar-refractivity contribution is 5.95. The van der Waals surface area contributed by atoms with E-state index in [1.165, 1.54) is 29.6 Å². The Morgan fingerprint density at radius 2 is 2.16 bits per heavy atom. The number of anilines is 3. The SMILES string of the molecule is COC(=O)c1ccncc1NCC1CCOc2cc(N3CCCc4ccccc43)ccc21. The van der Waals surface area contributed by atoms with Crippen molar-refractivity contribution in [2.45, 2.75) is 25.2 Å². The van der Waals surface area contributed by atoms with Crippen LogP contribution in [0, 0.1) is 0 Å². The van der Waals surface area contributed by atoms with Gasteiger partial charge in [0.25, 0.3) is 0 Å². The number of rotatable bonds is 5. The highest BCUT2D eigenvalue weighted by Gasteiger charge is 2.25. The smallest absolute Gasteiger partial charge is 0.340 e. The van der Waals surface area contributed by atoms with Gasteiger partial charge in [0, 0.05) is 42.6 Å². The third-order valence-electron chi connectivity index (χ3n) is 6.35. The molecule has 164 valence electrons. The molecule has 0 bridgehead atoms. The fourth-order valence-corrected chi connectivity index (χ4v) is 4.69. The first kappa shape index (κ1) is 20.4. The van der Waals surface area contributed by atoms with Crippen LogP contribution in [0.3, 0.4) is 0 Å². The third kappa shape index (κ3) is 3.88. The number of aryl methyl sites for hydroxylation is 1. The van der Waals surface area contributed by atoms with E-state index in [0.717, 1.165) is 31.6 Å². The van der Waals surface area contributed by atoms with Gasteiger partial charge in [-0.3, -0.25) is 4.98 Å². The quantitative estimate of drug-likeness (QED) is 0.580. The van der Waals surface area contributed by atoms with Crippen molar-refractivity contribution in [3.05, 3.63) is 77.6 Å². The largest absolute Gasteiger partial charge is 0.493 e. The van der Waals surface area contributed by atoms with E-state index in [4.69, 9.17) is 9.47 Å². The van der Waals surface area contributed by atoms with Gasteiger partial charge in [0.05, 0.1) is 31.2 Å². The van der Waals surface area contributed by atoms with Crippen molar-refractivity contribution in [3.63, 3.8) is 0 Å². The summed E-state index contributed by atoms with van der Waals surface area (Å²) in [4.78, 5) is 18.6. The minimum Gasteiger partial charge on any atom is -0.493 e. The Hall–Kier alpha value is -3.54. The molecule has 1 N–H and O–H groups in total. The lowest BCUT2D eigenvalue weighted by atomic mass is 9.92. The molecule has 0 saturated heterocycles. The number of benzene rings is 2. The number of fused-ring (bicyclic) bond motifs is 2. The van der Waals surface area contributed by atoms with E-state index in [9.17, 15) is 4.79 Å². The Morgan fingerprint density at radius 3 is 3.06 bits per heavy atom. The number of hydrogen-bond acceptors (Lipinski definition) is 6. The summed E-state index contributed by atoms with van der Waals surface area (Å²) in [7, 11) is 1.39. The number of pyridine rings is 1. The number of hydrogen-bond donors (Lipinski definition) is 1. The maximum atomic E-state index is 12.0. The van der Waals surface area contributed by atoms with Crippen molar-refractivity contribution < 1.29 is 14.3 Å². The molecule has 6 nitrogen and oxygen atoms in total. The Kier molecular flexibility index (Phi) is 5.67. The summed E-state index contributed by atoms with van der Waals surface area (Å²) < 4.78 is 11.0. The molecule has 0 spiro atoms. The minimum atomic E-state index is -0.367. The predicted octanol–water partition coefficient (Wildman–Crippen LogP) is 4.93. The first-order chi connectivity index (χ1) is 15.7. The van der Waals surface area contributed by atoms with Crippen LogP contribution >= 0.6 is 0 Å². The van der Waals surface area contributed by atoms with Gasteiger partial charge in [0.15, 0.2) is 0 Å². The van der Waals surface area contributed by atoms with Crippen molar-refractivity contribution in [1.29, 1.82) is 0 Å². The summed E-state index contributed by atoms with van der Waals surface area (Å²) in [5.74, 6) is 0.865. The van der Waals surface area contributed by atoms with Gasteiger partial charge in [-0.15, -0.1) is 0 Å². The standard InChI is InChI=1S/C26H27N3O3/c1-31-26(30)22-10-12-27-17-23(22)28-16-19-11-14-32-25-15-20(8-9-21(19)25)29-13-4-6-18-5-2-3-7-24(18)29/h2-3,5,7-10,12,15,17,19,28H,4,6,11,13-14,16H2,1H3. The molecule has 0 saturated carbocycles. The van der Waals surface area contributed by atoms with Gasteiger partial charge in [-0.05, 0) is 48.6 Å². The first-order valence-corrected chi connectivity index (χ1v) is 11.1. The maximum absolute atomic E-state index is 12.0. The van der Waals surface area contributed by atoms with Gasteiger partial charge < -0.3 is 19.7 Å². The van der Waals surface area contributed by atoms with Gasteiger partial charge in [-0.1, -0.05) is 24.3 Å². The summed E-state index contributed by atoms with van der Waals surface area (Å²) in [6.45, 7) is 2.38. The van der Waals surface area contributed by atoms with Crippen LogP contribution in [0.4, 0.5) is 17.1 Å². The lowest BCUT2D eigenvalue weighted by molar-refractivity contribution is 0.0601. The Labute approximate surface area is 188 Å². The molecular formula is C26H27N3O3. The van der Waals surface area contributed by atoms with E-state index < -0.39 is 0 Å². The van der Waals surface area contributed by atoms with Gasteiger partial charge in [0.2, 0.25) is 0 Å². The molecule has 2 aromatic carbocycles. The molecule has 5 rings (SSSR count). The van der Waals surface area contributed by atoms with Crippen LogP contribution in [-0.2, 0) is 11.2 Å². The fourth-order valence-electron chi connectivity index (χ4n) is 4.69. The van der Waals surface area contributed by atoms with E-state index in [1.807, 2.05) is 0 Å². The number of nitrogens with one attached hydrogen (secondary N) is 1. The van der Waals surface area contributed by atoms with Gasteiger partial charge in [0.1, 0.15) is 5.75 Å². The monoisotopic (exact) mass is 429 g/mol. The van der Waals surface area contributed by atoms with Crippen LogP contribution in [0.15, 0.2) is 60.9 Å². The van der Waals surface area contributed by atoms with Crippen LogP contribution in [0.2, 0.25) is 0 Å². The molecule has 2 aliphatic heterocycles. The van der Waals surface area contributed by atoms with E-state index in [0.29, 0.717) is 24.4 Å². The topological polar surface area (TPSA) is 63.7 Å². The number of aromatic nitrogens is 1. The molecule has 1 atom stereocenters. The summed E-state index contributed by atoms with van der Waals surface area (Å²) in [5.41, 5.74) is 6.24. The molecule has 1 aromatic heterocycles. The Bertz CT molecular complexity index is 1130. The van der Waals surface area contributed by atoms with Crippen LogP contribution in [0.25, 0.3) is 0 Å². The van der Waals surface area contributed by atoms with Crippen molar-refractivity contribution in [2.24, 2.45) is 0 Å². The van der Waals surface area contributed by atoms with Crippen molar-refractivity contribution in [1.82, 2.24) is 4.98 Å². The molecule has 3 aromatic rings. The van der Waals surface area contributed by atoms with E-state index >= 15 is 0 Å². The predicted molar refractivity (Wildman–Crippen MR) is 125 cm³/mol. The third-order valence-corrected chi connectivity index (χ3v) is 6.35. The molecule has 6 heteroatoms. The lowest BCUT2D eigenvalue weighted by Gasteiger charge is -2.33. The van der Waals surface area contributed by atoms with Crippen molar-refractivity contribution in [2.75, 3.05) is 37.0 Å². The van der Waals surface area contributed by atoms with E-state index in [2.05, 4.69) is 57.7 Å². The van der Waals surface area contributed by atoms with Gasteiger partial charge >= 0.3 is 5.97 Å².